The molecule has 0 saturated heterocycles. The van der Waals surface area contributed by atoms with Crippen molar-refractivity contribution >= 4 is 17.6 Å². The van der Waals surface area contributed by atoms with E-state index in [1.165, 1.54) is 0 Å². The Kier molecular flexibility index (Phi) is 4.84. The first-order chi connectivity index (χ1) is 7.19. The lowest BCUT2D eigenvalue weighted by atomic mass is 10.3. The molecule has 0 aliphatic rings. The average molecular weight is 226 g/mol. The summed E-state index contributed by atoms with van der Waals surface area (Å²) in [6.45, 7) is 5.73. The molecule has 1 aromatic rings. The normalized spacial score (nSPS) is 10.7. The van der Waals surface area contributed by atoms with Gasteiger partial charge in [-0.15, -0.1) is 11.8 Å². The summed E-state index contributed by atoms with van der Waals surface area (Å²) in [6, 6.07) is 2.40. The lowest BCUT2D eigenvalue weighted by molar-refractivity contribution is 0.671. The highest BCUT2D eigenvalue weighted by Gasteiger charge is 2.11. The molecule has 0 fully saturated rings. The predicted octanol–water partition coefficient (Wildman–Crippen LogP) is 1.37. The van der Waals surface area contributed by atoms with E-state index in [1.54, 1.807) is 18.1 Å². The highest BCUT2D eigenvalue weighted by molar-refractivity contribution is 7.98. The van der Waals surface area contributed by atoms with Gasteiger partial charge in [0, 0.05) is 25.2 Å². The van der Waals surface area contributed by atoms with Crippen molar-refractivity contribution in [2.45, 2.75) is 24.9 Å². The summed E-state index contributed by atoms with van der Waals surface area (Å²) >= 11 is 1.62. The van der Waals surface area contributed by atoms with Crippen LogP contribution < -0.4 is 10.6 Å². The highest BCUT2D eigenvalue weighted by Crippen LogP contribution is 2.18. The van der Waals surface area contributed by atoms with E-state index in [2.05, 4.69) is 28.7 Å². The first-order valence-electron chi connectivity index (χ1n) is 5.01. The van der Waals surface area contributed by atoms with Crippen molar-refractivity contribution in [1.29, 1.82) is 0 Å². The molecule has 15 heavy (non-hydrogen) atoms. The van der Waals surface area contributed by atoms with Gasteiger partial charge < -0.3 is 10.6 Å². The molecular weight excluding hydrogens is 208 g/mol. The zero-order chi connectivity index (χ0) is 11.3. The first kappa shape index (κ1) is 12.3. The molecule has 0 spiro atoms. The van der Waals surface area contributed by atoms with Gasteiger partial charge in [0.2, 0.25) is 0 Å². The van der Waals surface area contributed by atoms with Crippen LogP contribution in [-0.4, -0.2) is 35.4 Å². The fourth-order valence-corrected chi connectivity index (χ4v) is 1.75. The van der Waals surface area contributed by atoms with Crippen molar-refractivity contribution in [3.63, 3.8) is 0 Å². The molecule has 5 heteroatoms. The molecule has 0 atom stereocenters. The van der Waals surface area contributed by atoms with E-state index < -0.39 is 0 Å². The van der Waals surface area contributed by atoms with Crippen molar-refractivity contribution in [2.75, 3.05) is 24.2 Å². The summed E-state index contributed by atoms with van der Waals surface area (Å²) < 4.78 is 0. The zero-order valence-corrected chi connectivity index (χ0v) is 10.3. The quantitative estimate of drug-likeness (QED) is 0.607. The van der Waals surface area contributed by atoms with Crippen molar-refractivity contribution in [1.82, 2.24) is 9.97 Å². The molecule has 0 aliphatic heterocycles. The van der Waals surface area contributed by atoms with Crippen molar-refractivity contribution < 1.29 is 0 Å². The van der Waals surface area contributed by atoms with Crippen molar-refractivity contribution in [3.05, 3.63) is 12.4 Å². The maximum Gasteiger partial charge on any atom is 0.133 e. The zero-order valence-electron chi connectivity index (χ0n) is 9.47. The molecule has 1 rings (SSSR count). The third kappa shape index (κ3) is 3.35. The number of nitrogens with two attached hydrogens (primary N) is 1. The Labute approximate surface area is 95.3 Å². The molecule has 0 aliphatic carbocycles. The molecule has 0 saturated carbocycles. The summed E-state index contributed by atoms with van der Waals surface area (Å²) in [4.78, 5) is 10.6. The Morgan fingerprint density at radius 1 is 1.47 bits per heavy atom. The summed E-state index contributed by atoms with van der Waals surface area (Å²) in [5.41, 5.74) is 5.58. The minimum absolute atomic E-state index is 0.401. The van der Waals surface area contributed by atoms with Gasteiger partial charge in [-0.2, -0.15) is 0 Å². The van der Waals surface area contributed by atoms with Crippen LogP contribution in [-0.2, 0) is 0 Å². The van der Waals surface area contributed by atoms with Gasteiger partial charge >= 0.3 is 0 Å². The predicted molar refractivity (Wildman–Crippen MR) is 65.3 cm³/mol. The lowest BCUT2D eigenvalue weighted by Gasteiger charge is -2.27. The summed E-state index contributed by atoms with van der Waals surface area (Å²) in [6.07, 6.45) is 3.61. The van der Waals surface area contributed by atoms with Crippen LogP contribution in [0.2, 0.25) is 0 Å². The molecule has 4 nitrogen and oxygen atoms in total. The largest absolute Gasteiger partial charge is 0.353 e. The molecule has 0 amide bonds. The van der Waals surface area contributed by atoms with E-state index in [9.17, 15) is 0 Å². The third-order valence-corrected chi connectivity index (χ3v) is 2.77. The number of nitrogens with zero attached hydrogens (tertiary/aromatic N) is 3. The fraction of sp³-hybridized carbons (Fsp3) is 0.600. The van der Waals surface area contributed by atoms with Crippen LogP contribution in [0.3, 0.4) is 0 Å². The van der Waals surface area contributed by atoms with E-state index in [4.69, 9.17) is 5.73 Å². The number of hydrogen-bond acceptors (Lipinski definition) is 5. The van der Waals surface area contributed by atoms with Gasteiger partial charge in [-0.3, -0.25) is 0 Å². The molecule has 0 bridgehead atoms. The average Bonchev–Trinajstić information content (AvgIpc) is 2.25. The van der Waals surface area contributed by atoms with Gasteiger partial charge in [-0.25, -0.2) is 9.97 Å². The van der Waals surface area contributed by atoms with E-state index in [0.29, 0.717) is 12.6 Å². The molecular formula is C10H18N4S. The number of aromatic nitrogens is 2. The highest BCUT2D eigenvalue weighted by atomic mass is 32.2. The number of rotatable bonds is 5. The minimum atomic E-state index is 0.401. The Bertz CT molecular complexity index is 303. The van der Waals surface area contributed by atoms with Gasteiger partial charge in [0.1, 0.15) is 17.2 Å². The number of anilines is 1. The third-order valence-electron chi connectivity index (χ3n) is 2.12. The van der Waals surface area contributed by atoms with Crippen LogP contribution in [0.5, 0.6) is 0 Å². The summed E-state index contributed by atoms with van der Waals surface area (Å²) in [5.74, 6) is 0.954. The maximum absolute atomic E-state index is 5.58. The van der Waals surface area contributed by atoms with E-state index >= 15 is 0 Å². The second kappa shape index (κ2) is 5.92. The second-order valence-electron chi connectivity index (χ2n) is 3.49. The summed E-state index contributed by atoms with van der Waals surface area (Å²) in [7, 11) is 0. The second-order valence-corrected chi connectivity index (χ2v) is 4.32. The molecule has 0 unspecified atom stereocenters. The first-order valence-corrected chi connectivity index (χ1v) is 6.24. The van der Waals surface area contributed by atoms with Gasteiger partial charge in [0.05, 0.1) is 0 Å². The minimum Gasteiger partial charge on any atom is -0.353 e. The van der Waals surface area contributed by atoms with Crippen LogP contribution in [0.1, 0.15) is 13.8 Å². The van der Waals surface area contributed by atoms with E-state index in [1.807, 2.05) is 12.3 Å². The monoisotopic (exact) mass is 226 g/mol. The number of thioether (sulfide) groups is 1. The smallest absolute Gasteiger partial charge is 0.133 e. The molecule has 0 aromatic carbocycles. The van der Waals surface area contributed by atoms with Crippen LogP contribution >= 0.6 is 11.8 Å². The van der Waals surface area contributed by atoms with Crippen LogP contribution in [0, 0.1) is 0 Å². The van der Waals surface area contributed by atoms with Crippen LogP contribution in [0.4, 0.5) is 5.82 Å². The standard InChI is InChI=1S/C10H18N4S/c1-8(2)14(5-4-11)9-6-10(15-3)13-7-12-9/h6-8H,4-5,11H2,1-3H3. The van der Waals surface area contributed by atoms with E-state index in [0.717, 1.165) is 17.4 Å². The Hall–Kier alpha value is -0.810. The van der Waals surface area contributed by atoms with Gasteiger partial charge in [-0.05, 0) is 20.1 Å². The van der Waals surface area contributed by atoms with Crippen molar-refractivity contribution in [3.8, 4) is 0 Å². The fourth-order valence-electron chi connectivity index (χ4n) is 1.37. The van der Waals surface area contributed by atoms with Gasteiger partial charge in [-0.1, -0.05) is 0 Å². The molecule has 84 valence electrons. The molecule has 0 radical (unpaired) electrons. The van der Waals surface area contributed by atoms with E-state index in [-0.39, 0.29) is 0 Å². The Balaban J connectivity index is 2.89. The summed E-state index contributed by atoms with van der Waals surface area (Å²) in [5, 5.41) is 0.989. The van der Waals surface area contributed by atoms with Gasteiger partial charge in [0.25, 0.3) is 0 Å². The van der Waals surface area contributed by atoms with Crippen LogP contribution in [0.25, 0.3) is 0 Å². The Morgan fingerprint density at radius 3 is 2.73 bits per heavy atom. The SMILES string of the molecule is CSc1cc(N(CCN)C(C)C)ncn1. The Morgan fingerprint density at radius 2 is 2.20 bits per heavy atom. The molecule has 1 aromatic heterocycles. The number of hydrogen-bond donors (Lipinski definition) is 1. The van der Waals surface area contributed by atoms with Crippen LogP contribution in [0.15, 0.2) is 17.4 Å². The van der Waals surface area contributed by atoms with Crippen molar-refractivity contribution in [2.24, 2.45) is 5.73 Å². The molecule has 1 heterocycles. The lowest BCUT2D eigenvalue weighted by Crippen LogP contribution is -2.36. The topological polar surface area (TPSA) is 55.0 Å². The molecule has 2 N–H and O–H groups in total. The maximum atomic E-state index is 5.58. The van der Waals surface area contributed by atoms with Gasteiger partial charge in [0.15, 0.2) is 0 Å².